The highest BCUT2D eigenvalue weighted by atomic mass is 32.1. The molecule has 1 aromatic heterocycles. The lowest BCUT2D eigenvalue weighted by Crippen LogP contribution is -2.45. The van der Waals surface area contributed by atoms with Crippen LogP contribution in [0.5, 0.6) is 0 Å². The highest BCUT2D eigenvalue weighted by Crippen LogP contribution is 2.43. The summed E-state index contributed by atoms with van der Waals surface area (Å²) in [4.78, 5) is 16.8. The van der Waals surface area contributed by atoms with Crippen molar-refractivity contribution in [1.29, 1.82) is 0 Å². The van der Waals surface area contributed by atoms with Crippen molar-refractivity contribution >= 4 is 17.2 Å². The number of amides is 1. The molecule has 1 N–H and O–H groups in total. The molecule has 0 radical (unpaired) electrons. The van der Waals surface area contributed by atoms with Crippen LogP contribution < -0.4 is 5.32 Å². The molecule has 0 saturated carbocycles. The Morgan fingerprint density at radius 3 is 2.79 bits per heavy atom. The van der Waals surface area contributed by atoms with Gasteiger partial charge in [-0.15, -0.1) is 11.3 Å². The quantitative estimate of drug-likeness (QED) is 0.898. The topological polar surface area (TPSA) is 51.2 Å². The number of nitrogens with zero attached hydrogens (tertiary/aromatic N) is 1. The summed E-state index contributed by atoms with van der Waals surface area (Å²) in [5.41, 5.74) is 2.93. The van der Waals surface area contributed by atoms with Gasteiger partial charge in [0.25, 0.3) is 5.91 Å². The number of ether oxygens (including phenoxy) is 1. The Morgan fingerprint density at radius 2 is 2.12 bits per heavy atom. The first-order chi connectivity index (χ1) is 11.5. The summed E-state index contributed by atoms with van der Waals surface area (Å²) in [5.74, 6) is -0.0352. The number of hydrogen-bond acceptors (Lipinski definition) is 4. The second-order valence-electron chi connectivity index (χ2n) is 7.05. The highest BCUT2D eigenvalue weighted by molar-refractivity contribution is 7.11. The summed E-state index contributed by atoms with van der Waals surface area (Å²) < 4.78 is 5.93. The Labute approximate surface area is 147 Å². The molecule has 3 rings (SSSR count). The van der Waals surface area contributed by atoms with E-state index in [0.29, 0.717) is 11.4 Å². The number of benzene rings is 1. The highest BCUT2D eigenvalue weighted by Gasteiger charge is 2.41. The van der Waals surface area contributed by atoms with Crippen molar-refractivity contribution in [3.8, 4) is 0 Å². The van der Waals surface area contributed by atoms with E-state index >= 15 is 0 Å². The molecule has 1 aliphatic rings. The molecule has 1 saturated heterocycles. The maximum Gasteiger partial charge on any atom is 0.262 e. The molecule has 24 heavy (non-hydrogen) atoms. The van der Waals surface area contributed by atoms with E-state index in [0.717, 1.165) is 25.9 Å². The van der Waals surface area contributed by atoms with E-state index in [1.807, 2.05) is 6.07 Å². The third kappa shape index (κ3) is 3.84. The van der Waals surface area contributed by atoms with Gasteiger partial charge in [0.15, 0.2) is 0 Å². The van der Waals surface area contributed by atoms with E-state index in [4.69, 9.17) is 4.74 Å². The summed E-state index contributed by atoms with van der Waals surface area (Å²) in [5, 5.41) is 3.04. The summed E-state index contributed by atoms with van der Waals surface area (Å²) in [6, 6.07) is 10.6. The van der Waals surface area contributed by atoms with E-state index in [1.54, 1.807) is 11.7 Å². The standard InChI is InChI=1S/C19H24N2O2S/c1-18(2)13-19(9-11-23-18,15-6-4-3-5-7-15)8-10-21-17(22)16-12-20-14-24-16/h3-7,12,14H,8-11,13H2,1-2H3,(H,21,22). The largest absolute Gasteiger partial charge is 0.376 e. The molecular formula is C19H24N2O2S. The Hall–Kier alpha value is -1.72. The predicted octanol–water partition coefficient (Wildman–Crippen LogP) is 3.79. The molecule has 1 unspecified atom stereocenters. The number of aromatic nitrogens is 1. The number of nitrogens with one attached hydrogen (secondary N) is 1. The van der Waals surface area contributed by atoms with Crippen LogP contribution in [0.3, 0.4) is 0 Å². The van der Waals surface area contributed by atoms with Gasteiger partial charge in [0.1, 0.15) is 4.88 Å². The average molecular weight is 344 g/mol. The number of rotatable bonds is 5. The zero-order chi connectivity index (χ0) is 17.0. The third-order valence-corrected chi connectivity index (χ3v) is 5.54. The molecule has 0 spiro atoms. The number of carbonyl (C=O) groups is 1. The van der Waals surface area contributed by atoms with Gasteiger partial charge in [0, 0.05) is 18.6 Å². The van der Waals surface area contributed by atoms with E-state index < -0.39 is 0 Å². The minimum Gasteiger partial charge on any atom is -0.376 e. The van der Waals surface area contributed by atoms with Gasteiger partial charge in [-0.05, 0) is 38.7 Å². The summed E-state index contributed by atoms with van der Waals surface area (Å²) in [7, 11) is 0. The van der Waals surface area contributed by atoms with Gasteiger partial charge in [0.05, 0.1) is 17.3 Å². The maximum atomic E-state index is 12.2. The van der Waals surface area contributed by atoms with Crippen molar-refractivity contribution in [3.05, 3.63) is 52.5 Å². The fourth-order valence-corrected chi connectivity index (χ4v) is 4.24. The van der Waals surface area contributed by atoms with Gasteiger partial charge >= 0.3 is 0 Å². The van der Waals surface area contributed by atoms with Crippen LogP contribution in [0.1, 0.15) is 48.3 Å². The molecule has 1 aliphatic heterocycles. The van der Waals surface area contributed by atoms with Gasteiger partial charge in [-0.25, -0.2) is 0 Å². The van der Waals surface area contributed by atoms with E-state index in [2.05, 4.69) is 48.4 Å². The number of thiazole rings is 1. The van der Waals surface area contributed by atoms with E-state index in [1.165, 1.54) is 16.9 Å². The molecule has 1 aromatic carbocycles. The van der Waals surface area contributed by atoms with Crippen LogP contribution in [-0.4, -0.2) is 29.6 Å². The molecule has 0 aliphatic carbocycles. The van der Waals surface area contributed by atoms with E-state index in [-0.39, 0.29) is 16.9 Å². The SMILES string of the molecule is CC1(C)CC(CCNC(=O)c2cncs2)(c2ccccc2)CCO1. The molecule has 1 fully saturated rings. The van der Waals surface area contributed by atoms with Crippen LogP contribution in [0.25, 0.3) is 0 Å². The smallest absolute Gasteiger partial charge is 0.262 e. The Morgan fingerprint density at radius 1 is 1.33 bits per heavy atom. The average Bonchev–Trinajstić information content (AvgIpc) is 3.09. The summed E-state index contributed by atoms with van der Waals surface area (Å²) >= 11 is 1.37. The molecule has 4 nitrogen and oxygen atoms in total. The second kappa shape index (κ2) is 7.03. The molecule has 0 bridgehead atoms. The first-order valence-electron chi connectivity index (χ1n) is 8.37. The van der Waals surface area contributed by atoms with Crippen LogP contribution in [0.15, 0.2) is 42.0 Å². The Kier molecular flexibility index (Phi) is 5.01. The summed E-state index contributed by atoms with van der Waals surface area (Å²) in [6.07, 6.45) is 4.47. The van der Waals surface area contributed by atoms with Gasteiger partial charge in [-0.3, -0.25) is 9.78 Å². The van der Waals surface area contributed by atoms with Crippen LogP contribution in [0, 0.1) is 0 Å². The Bertz CT molecular complexity index is 670. The van der Waals surface area contributed by atoms with Gasteiger partial charge in [-0.2, -0.15) is 0 Å². The molecule has 2 aromatic rings. The van der Waals surface area contributed by atoms with Crippen LogP contribution in [0.2, 0.25) is 0 Å². The van der Waals surface area contributed by atoms with Crippen molar-refractivity contribution in [3.63, 3.8) is 0 Å². The monoisotopic (exact) mass is 344 g/mol. The zero-order valence-corrected chi connectivity index (χ0v) is 15.1. The molecule has 2 heterocycles. The second-order valence-corrected chi connectivity index (χ2v) is 7.94. The lowest BCUT2D eigenvalue weighted by molar-refractivity contribution is -0.0838. The third-order valence-electron chi connectivity index (χ3n) is 4.77. The van der Waals surface area contributed by atoms with Crippen LogP contribution >= 0.6 is 11.3 Å². The number of hydrogen-bond donors (Lipinski definition) is 1. The molecule has 1 atom stereocenters. The molecule has 1 amide bonds. The molecule has 5 heteroatoms. The van der Waals surface area contributed by atoms with E-state index in [9.17, 15) is 4.79 Å². The minimum atomic E-state index is -0.143. The van der Waals surface area contributed by atoms with Crippen molar-refractivity contribution in [2.75, 3.05) is 13.2 Å². The number of carbonyl (C=O) groups excluding carboxylic acids is 1. The summed E-state index contributed by atoms with van der Waals surface area (Å²) in [6.45, 7) is 5.71. The van der Waals surface area contributed by atoms with Crippen molar-refractivity contribution < 1.29 is 9.53 Å². The fourth-order valence-electron chi connectivity index (χ4n) is 3.70. The molecular weight excluding hydrogens is 320 g/mol. The first kappa shape index (κ1) is 17.1. The van der Waals surface area contributed by atoms with Crippen molar-refractivity contribution in [2.45, 2.75) is 44.1 Å². The van der Waals surface area contributed by atoms with Crippen LogP contribution in [-0.2, 0) is 10.2 Å². The fraction of sp³-hybridized carbons (Fsp3) is 0.474. The maximum absolute atomic E-state index is 12.2. The minimum absolute atomic E-state index is 0.0352. The van der Waals surface area contributed by atoms with Gasteiger partial charge in [0.2, 0.25) is 0 Å². The normalized spacial score (nSPS) is 22.9. The van der Waals surface area contributed by atoms with Crippen LogP contribution in [0.4, 0.5) is 0 Å². The molecule has 128 valence electrons. The predicted molar refractivity (Wildman–Crippen MR) is 96.4 cm³/mol. The van der Waals surface area contributed by atoms with Gasteiger partial charge < -0.3 is 10.1 Å². The van der Waals surface area contributed by atoms with Crippen molar-refractivity contribution in [2.24, 2.45) is 0 Å². The zero-order valence-electron chi connectivity index (χ0n) is 14.2. The lowest BCUT2D eigenvalue weighted by Gasteiger charge is -2.45. The lowest BCUT2D eigenvalue weighted by atomic mass is 9.67. The van der Waals surface area contributed by atoms with Gasteiger partial charge in [-0.1, -0.05) is 30.3 Å². The van der Waals surface area contributed by atoms with Crippen molar-refractivity contribution in [1.82, 2.24) is 10.3 Å². The Balaban J connectivity index is 1.72. The first-order valence-corrected chi connectivity index (χ1v) is 9.25.